The van der Waals surface area contributed by atoms with Crippen molar-refractivity contribution in [2.24, 2.45) is 5.92 Å². The van der Waals surface area contributed by atoms with Gasteiger partial charge in [0.25, 0.3) is 0 Å². The number of aliphatic hydroxyl groups is 3. The number of carbonyl (C=O) groups is 3. The van der Waals surface area contributed by atoms with Crippen LogP contribution in [-0.2, 0) is 25.6 Å². The van der Waals surface area contributed by atoms with Crippen LogP contribution in [-0.4, -0.2) is 94.7 Å². The Balaban J connectivity index is 2.02. The predicted octanol–water partition coefficient (Wildman–Crippen LogP) is 11.7. The second kappa shape index (κ2) is 38.1. The number of rotatable bonds is 39. The maximum Gasteiger partial charge on any atom is 0.411 e. The summed E-state index contributed by atoms with van der Waals surface area (Å²) in [5, 5.41) is 38.2. The lowest BCUT2D eigenvalue weighted by Crippen LogP contribution is -2.70. The summed E-state index contributed by atoms with van der Waals surface area (Å²) in [6.07, 6.45) is 26.9. The van der Waals surface area contributed by atoms with Gasteiger partial charge in [-0.2, -0.15) is 0 Å². The molecule has 2 rings (SSSR count). The summed E-state index contributed by atoms with van der Waals surface area (Å²) in [6.45, 7) is 8.19. The summed E-state index contributed by atoms with van der Waals surface area (Å²) in [5.41, 5.74) is 0.792. The number of carbonyl (C=O) groups excluding carboxylic acids is 3. The number of alkyl carbamates (subject to hydrolysis) is 1. The molecule has 0 saturated carbocycles. The smallest absolute Gasteiger partial charge is 0.411 e. The molecule has 0 aromatic heterocycles. The van der Waals surface area contributed by atoms with Crippen molar-refractivity contribution in [3.63, 3.8) is 0 Å². The van der Waals surface area contributed by atoms with Crippen molar-refractivity contribution in [3.05, 3.63) is 35.9 Å². The van der Waals surface area contributed by atoms with Crippen LogP contribution in [0.15, 0.2) is 30.3 Å². The van der Waals surface area contributed by atoms with Gasteiger partial charge in [-0.25, -0.2) is 9.59 Å². The second-order valence-corrected chi connectivity index (χ2v) is 19.2. The third-order valence-corrected chi connectivity index (χ3v) is 12.8. The fraction of sp³-hybridized carbons (Fsp3) is 0.830. The van der Waals surface area contributed by atoms with Gasteiger partial charge < -0.3 is 40.2 Å². The highest BCUT2D eigenvalue weighted by Gasteiger charge is 2.49. The second-order valence-electron chi connectivity index (χ2n) is 19.2. The number of hydrogen-bond donors (Lipinski definition) is 5. The fourth-order valence-corrected chi connectivity index (χ4v) is 8.73. The normalized spacial score (nSPS) is 18.9. The first-order valence-corrected chi connectivity index (χ1v) is 26.5. The van der Waals surface area contributed by atoms with Gasteiger partial charge in [-0.3, -0.25) is 9.69 Å². The number of aliphatic hydroxyl groups excluding tert-OH is 3. The molecule has 1 aromatic carbocycles. The predicted molar refractivity (Wildman–Crippen MR) is 261 cm³/mol. The number of hydrogen-bond acceptors (Lipinski definition) is 9. The zero-order chi connectivity index (χ0) is 47.3. The van der Waals surface area contributed by atoms with Crippen LogP contribution < -0.4 is 10.6 Å². The first-order chi connectivity index (χ1) is 31.6. The van der Waals surface area contributed by atoms with Gasteiger partial charge in [0.05, 0.1) is 13.2 Å². The molecule has 65 heavy (non-hydrogen) atoms. The lowest BCUT2D eigenvalue weighted by molar-refractivity contribution is -0.226. The van der Waals surface area contributed by atoms with E-state index < -0.39 is 61.3 Å². The third kappa shape index (κ3) is 26.9. The highest BCUT2D eigenvalue weighted by molar-refractivity contribution is 5.86. The summed E-state index contributed by atoms with van der Waals surface area (Å²) in [5.74, 6) is -0.635. The molecule has 5 N–H and O–H groups in total. The zero-order valence-corrected chi connectivity index (χ0v) is 41.5. The molecule has 0 radical (unpaired) electrons. The van der Waals surface area contributed by atoms with E-state index in [9.17, 15) is 29.7 Å². The Morgan fingerprint density at radius 2 is 1.11 bits per heavy atom. The van der Waals surface area contributed by atoms with Crippen molar-refractivity contribution in [2.45, 2.75) is 257 Å². The standard InChI is InChI=1S/C53H95N3O9/c1-5-7-9-11-13-15-17-19-20-21-22-24-26-28-30-35-39-63-53(62)56(38-34-29-27-25-23-18-16-14-12-10-8-6-2)51-47(49(59)48(58)46(41-57)65-51)55-50(60)45(40-43(3)4)54-52(61)64-42-44-36-32-31-33-37-44/h31-33,36-37,43,45-49,51,57-59H,5-30,34-35,38-42H2,1-4H3,(H,54,61)(H,55,60)/t45-,46+,47+,48+,49+,51+/m0/s1. The highest BCUT2D eigenvalue weighted by atomic mass is 16.6. The molecule has 0 aliphatic carbocycles. The quantitative estimate of drug-likeness (QED) is 0.0404. The van der Waals surface area contributed by atoms with E-state index in [0.29, 0.717) is 12.8 Å². The van der Waals surface area contributed by atoms with Crippen molar-refractivity contribution >= 4 is 18.1 Å². The number of unbranched alkanes of at least 4 members (excludes halogenated alkanes) is 26. The zero-order valence-electron chi connectivity index (χ0n) is 41.5. The van der Waals surface area contributed by atoms with Gasteiger partial charge in [0.15, 0.2) is 6.23 Å². The molecule has 1 fully saturated rings. The third-order valence-electron chi connectivity index (χ3n) is 12.8. The molecule has 0 unspecified atom stereocenters. The molecule has 6 atom stereocenters. The van der Waals surface area contributed by atoms with E-state index in [4.69, 9.17) is 14.2 Å². The molecule has 3 amide bonds. The van der Waals surface area contributed by atoms with Crippen LogP contribution in [0, 0.1) is 5.92 Å². The monoisotopic (exact) mass is 918 g/mol. The van der Waals surface area contributed by atoms with E-state index in [1.54, 1.807) is 0 Å². The van der Waals surface area contributed by atoms with E-state index in [0.717, 1.165) is 44.1 Å². The molecule has 1 aromatic rings. The lowest BCUT2D eigenvalue weighted by Gasteiger charge is -2.46. The molecule has 1 heterocycles. The van der Waals surface area contributed by atoms with Crippen LogP contribution in [0.2, 0.25) is 0 Å². The number of amides is 3. The topological polar surface area (TPSA) is 167 Å². The SMILES string of the molecule is CCCCCCCCCCCCCCCCCCOC(=O)N(CCCCCCCCCCCCCC)[C@@H]1O[C@H](CO)[C@@H](O)[C@H](O)[C@H]1NC(=O)[C@H](CC(C)C)NC(=O)OCc1ccccc1. The molecular formula is C53H95N3O9. The molecule has 376 valence electrons. The Labute approximate surface area is 395 Å². The minimum absolute atomic E-state index is 0.00494. The number of ether oxygens (including phenoxy) is 3. The highest BCUT2D eigenvalue weighted by Crippen LogP contribution is 2.26. The summed E-state index contributed by atoms with van der Waals surface area (Å²) in [4.78, 5) is 42.3. The Kier molecular flexibility index (Phi) is 34.1. The molecule has 1 aliphatic heterocycles. The first kappa shape index (κ1) is 58.2. The maximum absolute atomic E-state index is 14.0. The lowest BCUT2D eigenvalue weighted by atomic mass is 9.94. The van der Waals surface area contributed by atoms with Crippen LogP contribution >= 0.6 is 0 Å². The van der Waals surface area contributed by atoms with E-state index in [-0.39, 0.29) is 32.1 Å². The van der Waals surface area contributed by atoms with E-state index in [1.165, 1.54) is 133 Å². The van der Waals surface area contributed by atoms with E-state index >= 15 is 0 Å². The number of benzene rings is 1. The molecule has 12 heteroatoms. The van der Waals surface area contributed by atoms with Crippen molar-refractivity contribution in [1.29, 1.82) is 0 Å². The van der Waals surface area contributed by atoms with Crippen molar-refractivity contribution in [2.75, 3.05) is 19.8 Å². The minimum atomic E-state index is -1.60. The van der Waals surface area contributed by atoms with Crippen LogP contribution in [0.5, 0.6) is 0 Å². The Morgan fingerprint density at radius 1 is 0.646 bits per heavy atom. The Hall–Kier alpha value is -2.93. The molecule has 12 nitrogen and oxygen atoms in total. The Bertz CT molecular complexity index is 1320. The van der Waals surface area contributed by atoms with E-state index in [1.807, 2.05) is 44.2 Å². The van der Waals surface area contributed by atoms with Crippen LogP contribution in [0.3, 0.4) is 0 Å². The van der Waals surface area contributed by atoms with Gasteiger partial charge in [-0.15, -0.1) is 0 Å². The van der Waals surface area contributed by atoms with E-state index in [2.05, 4.69) is 24.5 Å². The maximum atomic E-state index is 14.0. The summed E-state index contributed by atoms with van der Waals surface area (Å²) in [7, 11) is 0. The molecule has 1 aliphatic rings. The first-order valence-electron chi connectivity index (χ1n) is 26.5. The van der Waals surface area contributed by atoms with Gasteiger partial charge in [0.2, 0.25) is 5.91 Å². The van der Waals surface area contributed by atoms with Gasteiger partial charge >= 0.3 is 12.2 Å². The van der Waals surface area contributed by atoms with Gasteiger partial charge in [0, 0.05) is 6.54 Å². The Morgan fingerprint density at radius 3 is 1.57 bits per heavy atom. The summed E-state index contributed by atoms with van der Waals surface area (Å²) in [6, 6.07) is 6.86. The molecule has 1 saturated heterocycles. The van der Waals surface area contributed by atoms with Crippen molar-refractivity contribution < 1.29 is 43.9 Å². The molecule has 0 bridgehead atoms. The van der Waals surface area contributed by atoms with Crippen molar-refractivity contribution in [3.8, 4) is 0 Å². The summed E-state index contributed by atoms with van der Waals surface area (Å²) < 4.78 is 17.4. The minimum Gasteiger partial charge on any atom is -0.449 e. The average molecular weight is 918 g/mol. The van der Waals surface area contributed by atoms with Crippen LogP contribution in [0.4, 0.5) is 9.59 Å². The number of nitrogens with zero attached hydrogens (tertiary/aromatic N) is 1. The average Bonchev–Trinajstić information content (AvgIpc) is 3.30. The van der Waals surface area contributed by atoms with Gasteiger partial charge in [0.1, 0.15) is 37.0 Å². The van der Waals surface area contributed by atoms with Gasteiger partial charge in [-0.1, -0.05) is 225 Å². The fourth-order valence-electron chi connectivity index (χ4n) is 8.73. The molecule has 0 spiro atoms. The van der Waals surface area contributed by atoms with Crippen LogP contribution in [0.1, 0.15) is 219 Å². The summed E-state index contributed by atoms with van der Waals surface area (Å²) >= 11 is 0. The van der Waals surface area contributed by atoms with Crippen LogP contribution in [0.25, 0.3) is 0 Å². The number of nitrogens with one attached hydrogen (secondary N) is 2. The largest absolute Gasteiger partial charge is 0.449 e. The molecular weight excluding hydrogens is 823 g/mol. The van der Waals surface area contributed by atoms with Crippen molar-refractivity contribution in [1.82, 2.24) is 15.5 Å². The van der Waals surface area contributed by atoms with Gasteiger partial charge in [-0.05, 0) is 30.7 Å².